The van der Waals surface area contributed by atoms with Crippen LogP contribution in [0.25, 0.3) is 10.9 Å². The van der Waals surface area contributed by atoms with Crippen molar-refractivity contribution in [3.05, 3.63) is 58.7 Å². The molecule has 1 heterocycles. The number of hydrogen-bond donors (Lipinski definition) is 1. The fourth-order valence-electron chi connectivity index (χ4n) is 2.74. The molecule has 0 spiro atoms. The summed E-state index contributed by atoms with van der Waals surface area (Å²) in [5.41, 5.74) is 1.95. The molecule has 3 rings (SSSR count). The second kappa shape index (κ2) is 8.79. The number of methoxy groups -OCH3 is 2. The molecule has 1 aromatic heterocycles. The zero-order valence-electron chi connectivity index (χ0n) is 16.1. The monoisotopic (exact) mass is 414 g/mol. The van der Waals surface area contributed by atoms with E-state index < -0.39 is 18.5 Å². The molecule has 150 valence electrons. The van der Waals surface area contributed by atoms with E-state index in [0.29, 0.717) is 38.8 Å². The highest BCUT2D eigenvalue weighted by molar-refractivity contribution is 6.31. The Morgan fingerprint density at radius 2 is 1.72 bits per heavy atom. The smallest absolute Gasteiger partial charge is 0.340 e. The molecule has 3 aromatic rings. The summed E-state index contributed by atoms with van der Waals surface area (Å²) in [7, 11) is 3.02. The van der Waals surface area contributed by atoms with Gasteiger partial charge in [-0.25, -0.2) is 4.79 Å². The van der Waals surface area contributed by atoms with Crippen LogP contribution in [0.2, 0.25) is 5.02 Å². The largest absolute Gasteiger partial charge is 0.497 e. The van der Waals surface area contributed by atoms with Crippen LogP contribution in [0.3, 0.4) is 0 Å². The zero-order valence-corrected chi connectivity index (χ0v) is 16.9. The van der Waals surface area contributed by atoms with Gasteiger partial charge in [-0.3, -0.25) is 9.78 Å². The van der Waals surface area contributed by atoms with Crippen molar-refractivity contribution < 1.29 is 23.8 Å². The number of halogens is 1. The molecule has 0 unspecified atom stereocenters. The predicted molar refractivity (Wildman–Crippen MR) is 110 cm³/mol. The highest BCUT2D eigenvalue weighted by atomic mass is 35.5. The van der Waals surface area contributed by atoms with Crippen LogP contribution >= 0.6 is 11.6 Å². The van der Waals surface area contributed by atoms with Crippen LogP contribution in [0.5, 0.6) is 11.5 Å². The first-order chi connectivity index (χ1) is 13.9. The van der Waals surface area contributed by atoms with Crippen molar-refractivity contribution in [2.24, 2.45) is 0 Å². The fraction of sp³-hybridized carbons (Fsp3) is 0.190. The molecule has 0 aliphatic rings. The summed E-state index contributed by atoms with van der Waals surface area (Å²) >= 11 is 6.00. The summed E-state index contributed by atoms with van der Waals surface area (Å²) in [6.07, 6.45) is 0. The topological polar surface area (TPSA) is 86.8 Å². The summed E-state index contributed by atoms with van der Waals surface area (Å²) in [5, 5.41) is 3.89. The number of rotatable bonds is 6. The molecule has 0 atom stereocenters. The molecular formula is C21H19ClN2O5. The summed E-state index contributed by atoms with van der Waals surface area (Å²) in [5.74, 6) is -0.0975. The number of amides is 1. The Morgan fingerprint density at radius 1 is 1.03 bits per heavy atom. The standard InChI is InChI=1S/C21H19ClN2O5/c1-12-18(7-13-6-14(22)4-5-19(13)23-12)21(26)29-11-20(25)24-15-8-16(27-2)10-17(9-15)28-3/h4-10H,11H2,1-3H3,(H,24,25). The van der Waals surface area contributed by atoms with Gasteiger partial charge in [-0.1, -0.05) is 11.6 Å². The lowest BCUT2D eigenvalue weighted by atomic mass is 10.1. The Kier molecular flexibility index (Phi) is 6.19. The van der Waals surface area contributed by atoms with Crippen molar-refractivity contribution in [2.45, 2.75) is 6.92 Å². The first-order valence-corrected chi connectivity index (χ1v) is 9.04. The molecule has 0 radical (unpaired) electrons. The average Bonchev–Trinajstić information content (AvgIpc) is 2.71. The van der Waals surface area contributed by atoms with Crippen molar-refractivity contribution in [3.63, 3.8) is 0 Å². The van der Waals surface area contributed by atoms with Gasteiger partial charge in [-0.2, -0.15) is 0 Å². The number of pyridine rings is 1. The highest BCUT2D eigenvalue weighted by Gasteiger charge is 2.15. The SMILES string of the molecule is COc1cc(NC(=O)COC(=O)c2cc3cc(Cl)ccc3nc2C)cc(OC)c1. The molecule has 7 nitrogen and oxygen atoms in total. The van der Waals surface area contributed by atoms with Crippen molar-refractivity contribution >= 4 is 40.1 Å². The van der Waals surface area contributed by atoms with Crippen LogP contribution in [0.4, 0.5) is 5.69 Å². The van der Waals surface area contributed by atoms with E-state index in [4.69, 9.17) is 25.8 Å². The van der Waals surface area contributed by atoms with E-state index in [1.807, 2.05) is 0 Å². The lowest BCUT2D eigenvalue weighted by molar-refractivity contribution is -0.119. The number of nitrogens with one attached hydrogen (secondary N) is 1. The maximum atomic E-state index is 12.4. The third kappa shape index (κ3) is 4.94. The average molecular weight is 415 g/mol. The minimum absolute atomic E-state index is 0.274. The second-order valence-corrected chi connectivity index (χ2v) is 6.62. The molecule has 0 bridgehead atoms. The van der Waals surface area contributed by atoms with Gasteiger partial charge in [0.25, 0.3) is 5.91 Å². The first-order valence-electron chi connectivity index (χ1n) is 8.66. The molecule has 0 fully saturated rings. The number of aromatic nitrogens is 1. The summed E-state index contributed by atoms with van der Waals surface area (Å²) in [6, 6.07) is 11.8. The van der Waals surface area contributed by atoms with E-state index in [-0.39, 0.29) is 5.56 Å². The molecule has 29 heavy (non-hydrogen) atoms. The van der Waals surface area contributed by atoms with Gasteiger partial charge in [-0.05, 0) is 31.2 Å². The number of benzene rings is 2. The molecule has 1 amide bonds. The number of carbonyl (C=O) groups excluding carboxylic acids is 2. The van der Waals surface area contributed by atoms with Crippen molar-refractivity contribution in [2.75, 3.05) is 26.1 Å². The molecule has 2 aromatic carbocycles. The van der Waals surface area contributed by atoms with Crippen LogP contribution < -0.4 is 14.8 Å². The minimum Gasteiger partial charge on any atom is -0.497 e. The number of ether oxygens (including phenoxy) is 3. The highest BCUT2D eigenvalue weighted by Crippen LogP contribution is 2.26. The number of nitrogens with zero attached hydrogens (tertiary/aromatic N) is 1. The van der Waals surface area contributed by atoms with E-state index >= 15 is 0 Å². The maximum absolute atomic E-state index is 12.4. The van der Waals surface area contributed by atoms with Crippen LogP contribution in [0.1, 0.15) is 16.1 Å². The number of esters is 1. The number of hydrogen-bond acceptors (Lipinski definition) is 6. The predicted octanol–water partition coefficient (Wildman–Crippen LogP) is 4.01. The molecule has 0 aliphatic carbocycles. The summed E-state index contributed by atoms with van der Waals surface area (Å²) < 4.78 is 15.5. The van der Waals surface area contributed by atoms with E-state index in [9.17, 15) is 9.59 Å². The quantitative estimate of drug-likeness (QED) is 0.613. The maximum Gasteiger partial charge on any atom is 0.340 e. The van der Waals surface area contributed by atoms with Gasteiger partial charge in [0.1, 0.15) is 11.5 Å². The summed E-state index contributed by atoms with van der Waals surface area (Å²) in [4.78, 5) is 29.0. The fourth-order valence-corrected chi connectivity index (χ4v) is 2.92. The first kappa shape index (κ1) is 20.4. The third-order valence-electron chi connectivity index (χ3n) is 4.16. The van der Waals surface area contributed by atoms with Crippen molar-refractivity contribution in [1.82, 2.24) is 4.98 Å². The van der Waals surface area contributed by atoms with Gasteiger partial charge < -0.3 is 19.5 Å². The van der Waals surface area contributed by atoms with Gasteiger partial charge in [-0.15, -0.1) is 0 Å². The van der Waals surface area contributed by atoms with Gasteiger partial charge in [0.05, 0.1) is 31.0 Å². The number of carbonyl (C=O) groups is 2. The molecule has 0 aliphatic heterocycles. The van der Waals surface area contributed by atoms with Gasteiger partial charge in [0, 0.05) is 34.3 Å². The Hall–Kier alpha value is -3.32. The lowest BCUT2D eigenvalue weighted by Gasteiger charge is -2.11. The Morgan fingerprint density at radius 3 is 2.38 bits per heavy atom. The Bertz CT molecular complexity index is 1060. The third-order valence-corrected chi connectivity index (χ3v) is 4.39. The summed E-state index contributed by atoms with van der Waals surface area (Å²) in [6.45, 7) is 1.25. The molecule has 0 saturated heterocycles. The zero-order chi connectivity index (χ0) is 21.0. The number of fused-ring (bicyclic) bond motifs is 1. The van der Waals surface area contributed by atoms with E-state index in [2.05, 4.69) is 10.3 Å². The second-order valence-electron chi connectivity index (χ2n) is 6.18. The van der Waals surface area contributed by atoms with Gasteiger partial charge in [0.2, 0.25) is 0 Å². The molecular weight excluding hydrogens is 396 g/mol. The van der Waals surface area contributed by atoms with E-state index in [1.165, 1.54) is 14.2 Å². The minimum atomic E-state index is -0.643. The molecule has 0 saturated carbocycles. The molecule has 8 heteroatoms. The van der Waals surface area contributed by atoms with Gasteiger partial charge in [0.15, 0.2) is 6.61 Å². The van der Waals surface area contributed by atoms with Crippen LogP contribution in [0.15, 0.2) is 42.5 Å². The van der Waals surface area contributed by atoms with Crippen LogP contribution in [0, 0.1) is 6.92 Å². The van der Waals surface area contributed by atoms with Crippen molar-refractivity contribution in [1.29, 1.82) is 0 Å². The normalized spacial score (nSPS) is 10.5. The molecule has 1 N–H and O–H groups in total. The van der Waals surface area contributed by atoms with E-state index in [0.717, 1.165) is 0 Å². The number of aryl methyl sites for hydroxylation is 1. The Balaban J connectivity index is 1.68. The van der Waals surface area contributed by atoms with Crippen molar-refractivity contribution in [3.8, 4) is 11.5 Å². The lowest BCUT2D eigenvalue weighted by Crippen LogP contribution is -2.21. The Labute approximate surface area is 172 Å². The van der Waals surface area contributed by atoms with Crippen LogP contribution in [-0.2, 0) is 9.53 Å². The number of anilines is 1. The van der Waals surface area contributed by atoms with Crippen LogP contribution in [-0.4, -0.2) is 37.7 Å². The van der Waals surface area contributed by atoms with E-state index in [1.54, 1.807) is 49.4 Å². The van der Waals surface area contributed by atoms with Gasteiger partial charge >= 0.3 is 5.97 Å².